The summed E-state index contributed by atoms with van der Waals surface area (Å²) in [5.41, 5.74) is 1.70. The second-order valence-corrected chi connectivity index (χ2v) is 6.46. The molecule has 0 aliphatic carbocycles. The first-order chi connectivity index (χ1) is 13.1. The van der Waals surface area contributed by atoms with Crippen molar-refractivity contribution in [3.8, 4) is 17.1 Å². The number of carbonyl (C=O) groups is 1. The Morgan fingerprint density at radius 2 is 1.96 bits per heavy atom. The van der Waals surface area contributed by atoms with E-state index in [9.17, 15) is 4.79 Å². The third-order valence-electron chi connectivity index (χ3n) is 4.14. The fourth-order valence-electron chi connectivity index (χ4n) is 2.62. The van der Waals surface area contributed by atoms with Gasteiger partial charge in [-0.05, 0) is 36.8 Å². The second-order valence-electron chi connectivity index (χ2n) is 6.05. The molecule has 1 N–H and O–H groups in total. The molecule has 3 rings (SSSR count). The molecule has 0 saturated carbocycles. The highest BCUT2D eigenvalue weighted by atomic mass is 35.5. The molecule has 0 fully saturated rings. The first kappa shape index (κ1) is 18.9. The Morgan fingerprint density at radius 1 is 1.22 bits per heavy atom. The van der Waals surface area contributed by atoms with Gasteiger partial charge in [0.05, 0.1) is 18.2 Å². The second kappa shape index (κ2) is 8.68. The van der Waals surface area contributed by atoms with Crippen molar-refractivity contribution in [1.82, 2.24) is 15.5 Å². The number of halogens is 1. The van der Waals surface area contributed by atoms with Crippen LogP contribution >= 0.6 is 11.6 Å². The molecule has 6 nitrogen and oxygen atoms in total. The number of methoxy groups -OCH3 is 1. The summed E-state index contributed by atoms with van der Waals surface area (Å²) in [5, 5.41) is 7.45. The Bertz CT molecular complexity index is 909. The lowest BCUT2D eigenvalue weighted by molar-refractivity contribution is -0.121. The van der Waals surface area contributed by atoms with E-state index in [4.69, 9.17) is 20.9 Å². The number of hydrogen-bond acceptors (Lipinski definition) is 5. The molecule has 0 unspecified atom stereocenters. The van der Waals surface area contributed by atoms with E-state index in [1.807, 2.05) is 49.4 Å². The minimum atomic E-state index is -0.107. The number of nitrogens with zero attached hydrogens (tertiary/aromatic N) is 2. The molecule has 3 aromatic rings. The quantitative estimate of drug-likeness (QED) is 0.659. The molecule has 2 aromatic carbocycles. The van der Waals surface area contributed by atoms with Gasteiger partial charge >= 0.3 is 0 Å². The molecule has 27 heavy (non-hydrogen) atoms. The molecule has 140 valence electrons. The number of aromatic nitrogens is 2. The lowest BCUT2D eigenvalue weighted by atomic mass is 10.1. The predicted molar refractivity (Wildman–Crippen MR) is 103 cm³/mol. The molecule has 0 aliphatic rings. The van der Waals surface area contributed by atoms with Crippen LogP contribution in [0.5, 0.6) is 5.75 Å². The van der Waals surface area contributed by atoms with Crippen molar-refractivity contribution in [1.29, 1.82) is 0 Å². The van der Waals surface area contributed by atoms with Crippen LogP contribution in [0.4, 0.5) is 0 Å². The number of benzene rings is 2. The highest BCUT2D eigenvalue weighted by molar-refractivity contribution is 6.33. The van der Waals surface area contributed by atoms with Crippen molar-refractivity contribution < 1.29 is 14.1 Å². The summed E-state index contributed by atoms with van der Waals surface area (Å²) in [5.74, 6) is 1.51. The van der Waals surface area contributed by atoms with Gasteiger partial charge in [0.2, 0.25) is 17.6 Å². The number of rotatable bonds is 7. The summed E-state index contributed by atoms with van der Waals surface area (Å²) in [4.78, 5) is 16.5. The molecule has 0 aliphatic heterocycles. The Hall–Kier alpha value is -2.86. The molecule has 1 aromatic heterocycles. The van der Waals surface area contributed by atoms with E-state index >= 15 is 0 Å². The highest BCUT2D eigenvalue weighted by Crippen LogP contribution is 2.25. The maximum Gasteiger partial charge on any atom is 0.227 e. The monoisotopic (exact) mass is 385 g/mol. The SMILES string of the molecule is COc1ccc([C@@H](C)NC(=O)CCc2nc(-c3ccccc3Cl)no2)cc1. The average molecular weight is 386 g/mol. The molecular formula is C20H20ClN3O3. The van der Waals surface area contributed by atoms with Gasteiger partial charge < -0.3 is 14.6 Å². The molecule has 0 radical (unpaired) electrons. The van der Waals surface area contributed by atoms with E-state index in [1.165, 1.54) is 0 Å². The Morgan fingerprint density at radius 3 is 2.67 bits per heavy atom. The maximum atomic E-state index is 12.2. The van der Waals surface area contributed by atoms with Crippen molar-refractivity contribution in [2.75, 3.05) is 7.11 Å². The molecule has 1 atom stereocenters. The zero-order chi connectivity index (χ0) is 19.2. The van der Waals surface area contributed by atoms with Gasteiger partial charge in [0.15, 0.2) is 0 Å². The van der Waals surface area contributed by atoms with E-state index in [2.05, 4.69) is 15.5 Å². The van der Waals surface area contributed by atoms with Crippen LogP contribution in [0, 0.1) is 0 Å². The van der Waals surface area contributed by atoms with Gasteiger partial charge in [-0.3, -0.25) is 4.79 Å². The fourth-order valence-corrected chi connectivity index (χ4v) is 2.84. The van der Waals surface area contributed by atoms with E-state index < -0.39 is 0 Å². The smallest absolute Gasteiger partial charge is 0.227 e. The third-order valence-corrected chi connectivity index (χ3v) is 4.47. The zero-order valence-electron chi connectivity index (χ0n) is 15.1. The van der Waals surface area contributed by atoms with E-state index in [1.54, 1.807) is 13.2 Å². The number of nitrogens with one attached hydrogen (secondary N) is 1. The number of ether oxygens (including phenoxy) is 1. The van der Waals surface area contributed by atoms with Gasteiger partial charge in [-0.2, -0.15) is 4.98 Å². The van der Waals surface area contributed by atoms with Gasteiger partial charge in [0, 0.05) is 18.4 Å². The predicted octanol–water partition coefficient (Wildman–Crippen LogP) is 4.21. The molecule has 0 spiro atoms. The van der Waals surface area contributed by atoms with Crippen LogP contribution in [0.25, 0.3) is 11.4 Å². The van der Waals surface area contributed by atoms with Crippen molar-refractivity contribution >= 4 is 17.5 Å². The lowest BCUT2D eigenvalue weighted by Crippen LogP contribution is -2.26. The highest BCUT2D eigenvalue weighted by Gasteiger charge is 2.14. The van der Waals surface area contributed by atoms with Crippen LogP contribution in [-0.4, -0.2) is 23.2 Å². The molecular weight excluding hydrogens is 366 g/mol. The summed E-state index contributed by atoms with van der Waals surface area (Å²) < 4.78 is 10.4. The Kier molecular flexibility index (Phi) is 6.08. The number of carbonyl (C=O) groups excluding carboxylic acids is 1. The van der Waals surface area contributed by atoms with Gasteiger partial charge in [-0.25, -0.2) is 0 Å². The molecule has 1 amide bonds. The number of hydrogen-bond donors (Lipinski definition) is 1. The largest absolute Gasteiger partial charge is 0.497 e. The van der Waals surface area contributed by atoms with Gasteiger partial charge in [-0.1, -0.05) is 41.0 Å². The van der Waals surface area contributed by atoms with Crippen LogP contribution in [0.15, 0.2) is 53.1 Å². The molecule has 7 heteroatoms. The van der Waals surface area contributed by atoms with Gasteiger partial charge in [0.25, 0.3) is 0 Å². The van der Waals surface area contributed by atoms with Crippen molar-refractivity contribution in [2.24, 2.45) is 0 Å². The van der Waals surface area contributed by atoms with Crippen LogP contribution < -0.4 is 10.1 Å². The van der Waals surface area contributed by atoms with E-state index in [-0.39, 0.29) is 18.4 Å². The molecule has 1 heterocycles. The zero-order valence-corrected chi connectivity index (χ0v) is 15.9. The minimum absolute atomic E-state index is 0.0872. The number of aryl methyl sites for hydroxylation is 1. The lowest BCUT2D eigenvalue weighted by Gasteiger charge is -2.14. The number of amides is 1. The summed E-state index contributed by atoms with van der Waals surface area (Å²) in [6.07, 6.45) is 0.614. The Balaban J connectivity index is 1.54. The minimum Gasteiger partial charge on any atom is -0.497 e. The van der Waals surface area contributed by atoms with E-state index in [0.717, 1.165) is 11.3 Å². The topological polar surface area (TPSA) is 77.2 Å². The Labute approximate surface area is 162 Å². The molecule has 0 bridgehead atoms. The van der Waals surface area contributed by atoms with Crippen molar-refractivity contribution in [2.45, 2.75) is 25.8 Å². The fraction of sp³-hybridized carbons (Fsp3) is 0.250. The van der Waals surface area contributed by atoms with Crippen LogP contribution in [0.3, 0.4) is 0 Å². The summed E-state index contributed by atoms with van der Waals surface area (Å²) in [7, 11) is 1.62. The standard InChI is InChI=1S/C20H20ClN3O3/c1-13(14-7-9-15(26-2)10-8-14)22-18(25)11-12-19-23-20(24-27-19)16-5-3-4-6-17(16)21/h3-10,13H,11-12H2,1-2H3,(H,22,25)/t13-/m1/s1. The summed E-state index contributed by atoms with van der Waals surface area (Å²) in [6, 6.07) is 14.8. The summed E-state index contributed by atoms with van der Waals surface area (Å²) >= 11 is 6.14. The van der Waals surface area contributed by atoms with E-state index in [0.29, 0.717) is 28.7 Å². The molecule has 0 saturated heterocycles. The first-order valence-corrected chi connectivity index (χ1v) is 8.95. The first-order valence-electron chi connectivity index (χ1n) is 8.57. The third kappa shape index (κ3) is 4.86. The normalized spacial score (nSPS) is 11.8. The van der Waals surface area contributed by atoms with Crippen molar-refractivity contribution in [3.05, 3.63) is 65.0 Å². The maximum absolute atomic E-state index is 12.2. The van der Waals surface area contributed by atoms with Crippen LogP contribution in [0.2, 0.25) is 5.02 Å². The summed E-state index contributed by atoms with van der Waals surface area (Å²) in [6.45, 7) is 1.93. The van der Waals surface area contributed by atoms with Crippen LogP contribution in [-0.2, 0) is 11.2 Å². The van der Waals surface area contributed by atoms with Gasteiger partial charge in [-0.15, -0.1) is 0 Å². The van der Waals surface area contributed by atoms with Gasteiger partial charge in [0.1, 0.15) is 5.75 Å². The average Bonchev–Trinajstić information content (AvgIpc) is 3.15. The van der Waals surface area contributed by atoms with Crippen molar-refractivity contribution in [3.63, 3.8) is 0 Å². The van der Waals surface area contributed by atoms with Crippen LogP contribution in [0.1, 0.15) is 30.8 Å².